The second kappa shape index (κ2) is 13.1. The molecule has 0 nitrogen and oxygen atoms in total. The van der Waals surface area contributed by atoms with E-state index in [4.69, 9.17) is 0 Å². The minimum atomic E-state index is 0.699. The predicted molar refractivity (Wildman–Crippen MR) is 59.4 cm³/mol. The normalized spacial score (nSPS) is 12.0. The van der Waals surface area contributed by atoms with Crippen LogP contribution in [0.1, 0.15) is 47.0 Å². The van der Waals surface area contributed by atoms with Crippen LogP contribution in [-0.2, 0) is 0 Å². The zero-order chi connectivity index (χ0) is 9.82. The summed E-state index contributed by atoms with van der Waals surface area (Å²) >= 11 is 0. The molecule has 0 bridgehead atoms. The Balaban J connectivity index is 0. The van der Waals surface area contributed by atoms with Crippen LogP contribution in [-0.4, -0.2) is 0 Å². The van der Waals surface area contributed by atoms with Crippen LogP contribution < -0.4 is 0 Å². The third-order valence-corrected chi connectivity index (χ3v) is 1.68. The Kier molecular flexibility index (Phi) is 15.3. The standard InChI is InChI=1S/2C6H12/c1-4-6(3)5-2;1-3-5-6-4-2/h4,6H,1,5H2,2-3H3;5-6H,3-4H2,1-2H3/b;6-5+. The van der Waals surface area contributed by atoms with Gasteiger partial charge in [-0.2, -0.15) is 0 Å². The molecule has 1 unspecified atom stereocenters. The van der Waals surface area contributed by atoms with Gasteiger partial charge >= 0.3 is 0 Å². The number of hydrogen-bond donors (Lipinski definition) is 0. The molecule has 0 amide bonds. The fraction of sp³-hybridized carbons (Fsp3) is 0.667. The lowest BCUT2D eigenvalue weighted by Crippen LogP contribution is -1.80. The molecule has 12 heavy (non-hydrogen) atoms. The van der Waals surface area contributed by atoms with Gasteiger partial charge in [-0.05, 0) is 18.8 Å². The molecule has 0 fully saturated rings. The molecule has 1 atom stereocenters. The van der Waals surface area contributed by atoms with E-state index in [0.717, 1.165) is 0 Å². The second-order valence-corrected chi connectivity index (χ2v) is 2.91. The molecule has 72 valence electrons. The highest BCUT2D eigenvalue weighted by Gasteiger charge is 1.84. The average molecular weight is 168 g/mol. The van der Waals surface area contributed by atoms with E-state index < -0.39 is 0 Å². The van der Waals surface area contributed by atoms with Crippen LogP contribution in [0.4, 0.5) is 0 Å². The molecule has 0 heteroatoms. The first kappa shape index (κ1) is 14.0. The minimum absolute atomic E-state index is 0.699. The predicted octanol–water partition coefficient (Wildman–Crippen LogP) is 4.58. The van der Waals surface area contributed by atoms with Crippen LogP contribution in [0, 0.1) is 5.92 Å². The van der Waals surface area contributed by atoms with Crippen molar-refractivity contribution in [3.8, 4) is 0 Å². The second-order valence-electron chi connectivity index (χ2n) is 2.91. The monoisotopic (exact) mass is 168 g/mol. The van der Waals surface area contributed by atoms with E-state index in [1.54, 1.807) is 0 Å². The maximum Gasteiger partial charge on any atom is -0.0267 e. The van der Waals surface area contributed by atoms with Crippen molar-refractivity contribution >= 4 is 0 Å². The summed E-state index contributed by atoms with van der Waals surface area (Å²) in [6, 6.07) is 0. The van der Waals surface area contributed by atoms with E-state index in [1.165, 1.54) is 19.3 Å². The first-order valence-corrected chi connectivity index (χ1v) is 5.00. The number of allylic oxidation sites excluding steroid dienone is 3. The van der Waals surface area contributed by atoms with Gasteiger partial charge in [0.05, 0.1) is 0 Å². The van der Waals surface area contributed by atoms with Crippen molar-refractivity contribution < 1.29 is 0 Å². The van der Waals surface area contributed by atoms with E-state index in [1.807, 2.05) is 6.08 Å². The summed E-state index contributed by atoms with van der Waals surface area (Å²) in [5.41, 5.74) is 0. The quantitative estimate of drug-likeness (QED) is 0.539. The Morgan fingerprint density at radius 2 is 1.50 bits per heavy atom. The lowest BCUT2D eigenvalue weighted by molar-refractivity contribution is 0.700. The van der Waals surface area contributed by atoms with E-state index in [0.29, 0.717) is 5.92 Å². The Bertz CT molecular complexity index is 94.6. The molecule has 0 aromatic rings. The molecular formula is C12H24. The van der Waals surface area contributed by atoms with E-state index >= 15 is 0 Å². The molecule has 0 heterocycles. The highest BCUT2D eigenvalue weighted by molar-refractivity contribution is 4.77. The first-order chi connectivity index (χ1) is 5.72. The summed E-state index contributed by atoms with van der Waals surface area (Å²) < 4.78 is 0. The molecule has 0 aromatic heterocycles. The summed E-state index contributed by atoms with van der Waals surface area (Å²) in [5.74, 6) is 0.699. The Morgan fingerprint density at radius 1 is 1.08 bits per heavy atom. The van der Waals surface area contributed by atoms with Gasteiger partial charge in [0.25, 0.3) is 0 Å². The molecule has 0 saturated heterocycles. The van der Waals surface area contributed by atoms with Crippen molar-refractivity contribution in [3.05, 3.63) is 24.8 Å². The van der Waals surface area contributed by atoms with Gasteiger partial charge in [-0.3, -0.25) is 0 Å². The first-order valence-electron chi connectivity index (χ1n) is 5.00. The van der Waals surface area contributed by atoms with Crippen molar-refractivity contribution in [2.45, 2.75) is 47.0 Å². The van der Waals surface area contributed by atoms with Crippen LogP contribution in [0.2, 0.25) is 0 Å². The SMILES string of the molecule is C=CC(C)CC.CC/C=C/CC. The highest BCUT2D eigenvalue weighted by Crippen LogP contribution is 1.98. The zero-order valence-corrected chi connectivity index (χ0v) is 9.14. The van der Waals surface area contributed by atoms with Gasteiger partial charge in [-0.1, -0.05) is 52.3 Å². The van der Waals surface area contributed by atoms with Crippen LogP contribution >= 0.6 is 0 Å². The molecule has 0 aliphatic rings. The van der Waals surface area contributed by atoms with Crippen molar-refractivity contribution in [3.63, 3.8) is 0 Å². The number of rotatable bonds is 4. The van der Waals surface area contributed by atoms with Gasteiger partial charge in [-0.25, -0.2) is 0 Å². The van der Waals surface area contributed by atoms with Crippen molar-refractivity contribution in [1.82, 2.24) is 0 Å². The van der Waals surface area contributed by atoms with Crippen molar-refractivity contribution in [2.75, 3.05) is 0 Å². The molecular weight excluding hydrogens is 144 g/mol. The van der Waals surface area contributed by atoms with Gasteiger partial charge in [0.15, 0.2) is 0 Å². The molecule has 0 aliphatic heterocycles. The van der Waals surface area contributed by atoms with Crippen LogP contribution in [0.5, 0.6) is 0 Å². The lowest BCUT2D eigenvalue weighted by Gasteiger charge is -1.93. The Labute approximate surface area is 78.4 Å². The zero-order valence-electron chi connectivity index (χ0n) is 9.14. The van der Waals surface area contributed by atoms with E-state index in [2.05, 4.69) is 46.4 Å². The third-order valence-electron chi connectivity index (χ3n) is 1.68. The molecule has 0 aliphatic carbocycles. The van der Waals surface area contributed by atoms with Gasteiger partial charge in [0, 0.05) is 0 Å². The van der Waals surface area contributed by atoms with Crippen molar-refractivity contribution in [2.24, 2.45) is 5.92 Å². The van der Waals surface area contributed by atoms with Gasteiger partial charge in [0.2, 0.25) is 0 Å². The molecule has 0 rings (SSSR count). The maximum atomic E-state index is 3.63. The van der Waals surface area contributed by atoms with E-state index in [9.17, 15) is 0 Å². The molecule has 0 radical (unpaired) electrons. The Morgan fingerprint density at radius 3 is 1.58 bits per heavy atom. The largest absolute Gasteiger partial charge is 0.103 e. The molecule has 0 N–H and O–H groups in total. The van der Waals surface area contributed by atoms with Crippen LogP contribution in [0.15, 0.2) is 24.8 Å². The molecule has 0 saturated carbocycles. The van der Waals surface area contributed by atoms with Gasteiger partial charge in [-0.15, -0.1) is 6.58 Å². The fourth-order valence-electron chi connectivity index (χ4n) is 0.500. The average Bonchev–Trinajstić information content (AvgIpc) is 2.14. The summed E-state index contributed by atoms with van der Waals surface area (Å²) in [6.45, 7) is 12.2. The van der Waals surface area contributed by atoms with Crippen molar-refractivity contribution in [1.29, 1.82) is 0 Å². The number of hydrogen-bond acceptors (Lipinski definition) is 0. The summed E-state index contributed by atoms with van der Waals surface area (Å²) in [5, 5.41) is 0. The van der Waals surface area contributed by atoms with Gasteiger partial charge < -0.3 is 0 Å². The lowest BCUT2D eigenvalue weighted by atomic mass is 10.1. The smallest absolute Gasteiger partial charge is 0.0267 e. The summed E-state index contributed by atoms with van der Waals surface area (Å²) in [7, 11) is 0. The summed E-state index contributed by atoms with van der Waals surface area (Å²) in [6.07, 6.45) is 9.89. The molecule has 0 aromatic carbocycles. The topological polar surface area (TPSA) is 0 Å². The van der Waals surface area contributed by atoms with Gasteiger partial charge in [0.1, 0.15) is 0 Å². The Hall–Kier alpha value is -0.520. The highest BCUT2D eigenvalue weighted by atomic mass is 13.9. The minimum Gasteiger partial charge on any atom is -0.103 e. The third kappa shape index (κ3) is 16.2. The molecule has 0 spiro atoms. The summed E-state index contributed by atoms with van der Waals surface area (Å²) in [4.78, 5) is 0. The van der Waals surface area contributed by atoms with E-state index in [-0.39, 0.29) is 0 Å². The van der Waals surface area contributed by atoms with Crippen LogP contribution in [0.25, 0.3) is 0 Å². The maximum absolute atomic E-state index is 3.63. The van der Waals surface area contributed by atoms with Crippen LogP contribution in [0.3, 0.4) is 0 Å². The fourth-order valence-corrected chi connectivity index (χ4v) is 0.500.